The largest absolute Gasteiger partial charge is 0.436 e. The summed E-state index contributed by atoms with van der Waals surface area (Å²) < 4.78 is 44.3. The van der Waals surface area contributed by atoms with E-state index in [9.17, 15) is 13.2 Å². The van der Waals surface area contributed by atoms with E-state index in [1.165, 1.54) is 12.1 Å². The summed E-state index contributed by atoms with van der Waals surface area (Å²) in [6.45, 7) is 0.0509. The predicted octanol–water partition coefficient (Wildman–Crippen LogP) is 2.75. The van der Waals surface area contributed by atoms with Crippen LogP contribution in [0.4, 0.5) is 13.2 Å². The molecule has 0 unspecified atom stereocenters. The molecule has 0 atom stereocenters. The van der Waals surface area contributed by atoms with Gasteiger partial charge in [0.2, 0.25) is 0 Å². The van der Waals surface area contributed by atoms with E-state index in [2.05, 4.69) is 4.98 Å². The van der Waals surface area contributed by atoms with Crippen molar-refractivity contribution in [2.75, 3.05) is 0 Å². The molecule has 3 nitrogen and oxygen atoms in total. The highest BCUT2D eigenvalue weighted by Crippen LogP contribution is 2.24. The highest BCUT2D eigenvalue weighted by Gasteiger charge is 2.09. The molecule has 0 aliphatic carbocycles. The Hall–Kier alpha value is -2.08. The van der Waals surface area contributed by atoms with Gasteiger partial charge in [-0.3, -0.25) is 0 Å². The first kappa shape index (κ1) is 12.4. The number of benzene rings is 1. The molecule has 2 N–H and O–H groups in total. The summed E-state index contributed by atoms with van der Waals surface area (Å²) in [6, 6.07) is 4.54. The average molecular weight is 254 g/mol. The molecule has 2 rings (SSSR count). The van der Waals surface area contributed by atoms with Crippen molar-refractivity contribution in [1.82, 2.24) is 4.98 Å². The summed E-state index contributed by atoms with van der Waals surface area (Å²) in [5.74, 6) is -2.70. The zero-order chi connectivity index (χ0) is 13.1. The van der Waals surface area contributed by atoms with Crippen LogP contribution in [0.25, 0.3) is 0 Å². The SMILES string of the molecule is NCc1ccc(Oc2ncc(F)cc2F)cc1F. The zero-order valence-corrected chi connectivity index (χ0v) is 9.16. The Labute approximate surface area is 101 Å². The molecule has 0 saturated heterocycles. The van der Waals surface area contributed by atoms with Gasteiger partial charge < -0.3 is 10.5 Å². The van der Waals surface area contributed by atoms with Gasteiger partial charge in [0.1, 0.15) is 17.4 Å². The van der Waals surface area contributed by atoms with Gasteiger partial charge in [-0.1, -0.05) is 6.07 Å². The van der Waals surface area contributed by atoms with Crippen molar-refractivity contribution in [3.63, 3.8) is 0 Å². The number of aromatic nitrogens is 1. The monoisotopic (exact) mass is 254 g/mol. The molecular formula is C12H9F3N2O. The highest BCUT2D eigenvalue weighted by molar-refractivity contribution is 5.32. The quantitative estimate of drug-likeness (QED) is 0.916. The van der Waals surface area contributed by atoms with Crippen molar-refractivity contribution < 1.29 is 17.9 Å². The van der Waals surface area contributed by atoms with Gasteiger partial charge in [0.05, 0.1) is 6.20 Å². The van der Waals surface area contributed by atoms with Crippen molar-refractivity contribution in [2.45, 2.75) is 6.54 Å². The third-order valence-electron chi connectivity index (χ3n) is 2.23. The number of halogens is 3. The lowest BCUT2D eigenvalue weighted by Gasteiger charge is -2.07. The second-order valence-corrected chi connectivity index (χ2v) is 3.50. The molecule has 1 aromatic heterocycles. The lowest BCUT2D eigenvalue weighted by atomic mass is 10.2. The normalized spacial score (nSPS) is 10.4. The minimum absolute atomic E-state index is 0.0509. The van der Waals surface area contributed by atoms with E-state index in [0.717, 1.165) is 12.3 Å². The molecule has 0 fully saturated rings. The standard InChI is InChI=1S/C12H9F3N2O/c13-8-3-11(15)12(17-6-8)18-9-2-1-7(5-16)10(14)4-9/h1-4,6H,5,16H2. The van der Waals surface area contributed by atoms with Crippen LogP contribution in [0.2, 0.25) is 0 Å². The third kappa shape index (κ3) is 2.60. The number of ether oxygens (including phenoxy) is 1. The summed E-state index contributed by atoms with van der Waals surface area (Å²) in [7, 11) is 0. The van der Waals surface area contributed by atoms with Crippen LogP contribution >= 0.6 is 0 Å². The van der Waals surface area contributed by atoms with Crippen molar-refractivity contribution in [3.8, 4) is 11.6 Å². The second kappa shape index (κ2) is 5.05. The highest BCUT2D eigenvalue weighted by atomic mass is 19.1. The zero-order valence-electron chi connectivity index (χ0n) is 9.16. The second-order valence-electron chi connectivity index (χ2n) is 3.50. The van der Waals surface area contributed by atoms with Crippen molar-refractivity contribution in [3.05, 3.63) is 53.5 Å². The molecule has 0 bridgehead atoms. The molecule has 18 heavy (non-hydrogen) atoms. The molecule has 0 spiro atoms. The summed E-state index contributed by atoms with van der Waals surface area (Å²) in [5, 5.41) is 0. The molecule has 1 aromatic carbocycles. The van der Waals surface area contributed by atoms with Gasteiger partial charge in [-0.05, 0) is 6.07 Å². The molecule has 0 aliphatic rings. The molecule has 2 aromatic rings. The van der Waals surface area contributed by atoms with Gasteiger partial charge in [-0.25, -0.2) is 18.2 Å². The Kier molecular flexibility index (Phi) is 3.47. The lowest BCUT2D eigenvalue weighted by molar-refractivity contribution is 0.413. The Morgan fingerprint density at radius 2 is 1.89 bits per heavy atom. The number of hydrogen-bond acceptors (Lipinski definition) is 3. The van der Waals surface area contributed by atoms with E-state index in [4.69, 9.17) is 10.5 Å². The number of pyridine rings is 1. The van der Waals surface area contributed by atoms with Crippen LogP contribution in [-0.2, 0) is 6.54 Å². The van der Waals surface area contributed by atoms with E-state index < -0.39 is 23.3 Å². The fourth-order valence-electron chi connectivity index (χ4n) is 1.35. The molecule has 0 amide bonds. The summed E-state index contributed by atoms with van der Waals surface area (Å²) >= 11 is 0. The Balaban J connectivity index is 2.26. The van der Waals surface area contributed by atoms with E-state index >= 15 is 0 Å². The molecule has 6 heteroatoms. The van der Waals surface area contributed by atoms with Crippen LogP contribution in [0.1, 0.15) is 5.56 Å². The molecule has 0 aliphatic heterocycles. The van der Waals surface area contributed by atoms with Gasteiger partial charge >= 0.3 is 0 Å². The predicted molar refractivity (Wildman–Crippen MR) is 58.5 cm³/mol. The van der Waals surface area contributed by atoms with Crippen molar-refractivity contribution in [1.29, 1.82) is 0 Å². The minimum atomic E-state index is -0.960. The van der Waals surface area contributed by atoms with Gasteiger partial charge in [0, 0.05) is 24.2 Å². The van der Waals surface area contributed by atoms with Crippen LogP contribution in [0.3, 0.4) is 0 Å². The van der Waals surface area contributed by atoms with Crippen LogP contribution in [0, 0.1) is 17.5 Å². The third-order valence-corrected chi connectivity index (χ3v) is 2.23. The lowest BCUT2D eigenvalue weighted by Crippen LogP contribution is -2.00. The molecule has 1 heterocycles. The van der Waals surface area contributed by atoms with Crippen LogP contribution < -0.4 is 10.5 Å². The number of rotatable bonds is 3. The summed E-state index contributed by atoms with van der Waals surface area (Å²) in [5.41, 5.74) is 5.61. The van der Waals surface area contributed by atoms with E-state index in [0.29, 0.717) is 11.6 Å². The minimum Gasteiger partial charge on any atom is -0.436 e. The van der Waals surface area contributed by atoms with Crippen molar-refractivity contribution in [2.24, 2.45) is 5.73 Å². The summed E-state index contributed by atoms with van der Waals surface area (Å²) in [4.78, 5) is 3.43. The number of nitrogens with two attached hydrogens (primary N) is 1. The average Bonchev–Trinajstić information content (AvgIpc) is 2.33. The van der Waals surface area contributed by atoms with Crippen LogP contribution in [-0.4, -0.2) is 4.98 Å². The fourth-order valence-corrected chi connectivity index (χ4v) is 1.35. The van der Waals surface area contributed by atoms with Gasteiger partial charge in [-0.15, -0.1) is 0 Å². The number of hydrogen-bond donors (Lipinski definition) is 1. The Bertz CT molecular complexity index is 575. The smallest absolute Gasteiger partial charge is 0.256 e. The Morgan fingerprint density at radius 1 is 1.11 bits per heavy atom. The Morgan fingerprint density at radius 3 is 2.50 bits per heavy atom. The van der Waals surface area contributed by atoms with Crippen LogP contribution in [0.15, 0.2) is 30.5 Å². The first-order valence-corrected chi connectivity index (χ1v) is 5.07. The van der Waals surface area contributed by atoms with E-state index in [1.54, 1.807) is 0 Å². The van der Waals surface area contributed by atoms with E-state index in [1.807, 2.05) is 0 Å². The maximum Gasteiger partial charge on any atom is 0.256 e. The summed E-state index contributed by atoms with van der Waals surface area (Å²) in [6.07, 6.45) is 0.809. The first-order valence-electron chi connectivity index (χ1n) is 5.07. The molecular weight excluding hydrogens is 245 g/mol. The van der Waals surface area contributed by atoms with Crippen molar-refractivity contribution >= 4 is 0 Å². The van der Waals surface area contributed by atoms with Gasteiger partial charge in [0.25, 0.3) is 5.88 Å². The first-order chi connectivity index (χ1) is 8.60. The molecule has 0 saturated carbocycles. The van der Waals surface area contributed by atoms with Gasteiger partial charge in [0.15, 0.2) is 5.82 Å². The van der Waals surface area contributed by atoms with Gasteiger partial charge in [-0.2, -0.15) is 0 Å². The molecule has 0 radical (unpaired) electrons. The fraction of sp³-hybridized carbons (Fsp3) is 0.0833. The van der Waals surface area contributed by atoms with Crippen LogP contribution in [0.5, 0.6) is 11.6 Å². The topological polar surface area (TPSA) is 48.1 Å². The maximum absolute atomic E-state index is 13.4. The molecule has 94 valence electrons. The maximum atomic E-state index is 13.4. The van der Waals surface area contributed by atoms with E-state index in [-0.39, 0.29) is 12.3 Å². The number of nitrogens with zero attached hydrogens (tertiary/aromatic N) is 1.